The van der Waals surface area contributed by atoms with Gasteiger partial charge in [-0.3, -0.25) is 9.47 Å². The highest BCUT2D eigenvalue weighted by Crippen LogP contribution is 2.56. The average Bonchev–Trinajstić information content (AvgIpc) is 2.79. The Bertz CT molecular complexity index is 840. The van der Waals surface area contributed by atoms with Gasteiger partial charge < -0.3 is 4.74 Å². The fourth-order valence-corrected chi connectivity index (χ4v) is 2.99. The van der Waals surface area contributed by atoms with Crippen LogP contribution in [0, 0.1) is 0 Å². The van der Waals surface area contributed by atoms with Crippen LogP contribution in [0.15, 0.2) is 0 Å². The van der Waals surface area contributed by atoms with Crippen molar-refractivity contribution in [1.82, 2.24) is 0 Å². The number of carbonyl (C=O) groups is 1. The molecule has 0 radical (unpaired) electrons. The van der Waals surface area contributed by atoms with Gasteiger partial charge in [-0.25, -0.2) is 4.79 Å². The molecule has 0 heterocycles. The molecule has 4 nitrogen and oxygen atoms in total. The van der Waals surface area contributed by atoms with E-state index in [1.54, 1.807) is 0 Å². The van der Waals surface area contributed by atoms with Crippen LogP contribution in [0.1, 0.15) is 71.1 Å². The normalized spacial score (nSPS) is 17.1. The Morgan fingerprint density at radius 3 is 1.26 bits per heavy atom. The predicted molar refractivity (Wildman–Crippen MR) is 106 cm³/mol. The highest BCUT2D eigenvalue weighted by Gasteiger charge is 2.85. The average molecular weight is 664 g/mol. The van der Waals surface area contributed by atoms with Gasteiger partial charge in [0.15, 0.2) is 0 Å². The number of rotatable bonds is 18. The molecule has 0 N–H and O–H groups in total. The molecule has 42 heavy (non-hydrogen) atoms. The SMILES string of the molecule is CCCCCCCCCCCCOC(=O)C(F)(OC(F)(F)C(F)(OC(F)(F)C(F)(F)C(F)(F)F)C(F)(F)F)C(F)(F)F. The van der Waals surface area contributed by atoms with E-state index >= 15 is 0 Å². The van der Waals surface area contributed by atoms with Crippen molar-refractivity contribution in [2.75, 3.05) is 6.61 Å². The second-order valence-corrected chi connectivity index (χ2v) is 8.81. The minimum absolute atomic E-state index is 0.0859. The van der Waals surface area contributed by atoms with Gasteiger partial charge in [-0.15, -0.1) is 0 Å². The number of hydrogen-bond donors (Lipinski definition) is 0. The molecule has 0 aliphatic rings. The van der Waals surface area contributed by atoms with Crippen LogP contribution in [-0.2, 0) is 19.0 Å². The molecular formula is C21H25F17O4. The maximum Gasteiger partial charge on any atom is 0.462 e. The minimum atomic E-state index is -8.04. The van der Waals surface area contributed by atoms with Crippen molar-refractivity contribution in [2.45, 2.75) is 120 Å². The van der Waals surface area contributed by atoms with Gasteiger partial charge in [0.05, 0.1) is 6.61 Å². The summed E-state index contributed by atoms with van der Waals surface area (Å²) in [7, 11) is 0. The molecule has 0 saturated carbocycles. The lowest BCUT2D eigenvalue weighted by atomic mass is 10.1. The topological polar surface area (TPSA) is 44.8 Å². The van der Waals surface area contributed by atoms with E-state index in [1.165, 1.54) is 4.74 Å². The Morgan fingerprint density at radius 2 is 0.905 bits per heavy atom. The lowest BCUT2D eigenvalue weighted by Crippen LogP contribution is -2.68. The lowest BCUT2D eigenvalue weighted by molar-refractivity contribution is -0.548. The molecule has 0 saturated heterocycles. The summed E-state index contributed by atoms with van der Waals surface area (Å²) < 4.78 is 230. The molecule has 0 aliphatic heterocycles. The van der Waals surface area contributed by atoms with Gasteiger partial charge in [0.25, 0.3) is 0 Å². The summed E-state index contributed by atoms with van der Waals surface area (Å²) in [6.07, 6.45) is -32.4. The maximum absolute atomic E-state index is 14.4. The van der Waals surface area contributed by atoms with Gasteiger partial charge in [0.1, 0.15) is 0 Å². The molecule has 0 aromatic rings. The number of alkyl halides is 17. The zero-order valence-corrected chi connectivity index (χ0v) is 21.3. The van der Waals surface area contributed by atoms with Crippen molar-refractivity contribution in [1.29, 1.82) is 0 Å². The molecule has 2 atom stereocenters. The van der Waals surface area contributed by atoms with Crippen LogP contribution in [-0.4, -0.2) is 61.0 Å². The van der Waals surface area contributed by atoms with Gasteiger partial charge in [-0.1, -0.05) is 64.7 Å². The maximum atomic E-state index is 14.4. The Labute approximate surface area is 226 Å². The highest BCUT2D eigenvalue weighted by molar-refractivity contribution is 5.78. The first-order chi connectivity index (χ1) is 18.6. The van der Waals surface area contributed by atoms with E-state index in [-0.39, 0.29) is 12.8 Å². The number of carbonyl (C=O) groups excluding carboxylic acids is 1. The van der Waals surface area contributed by atoms with Crippen LogP contribution in [0.5, 0.6) is 0 Å². The quantitative estimate of drug-likeness (QED) is 0.0833. The molecule has 0 aliphatic carbocycles. The van der Waals surface area contributed by atoms with Crippen molar-refractivity contribution < 1.29 is 93.6 Å². The number of esters is 1. The number of halogens is 17. The van der Waals surface area contributed by atoms with Crippen molar-refractivity contribution in [3.8, 4) is 0 Å². The van der Waals surface area contributed by atoms with E-state index in [1.807, 2.05) is 11.7 Å². The van der Waals surface area contributed by atoms with Crippen molar-refractivity contribution in [3.63, 3.8) is 0 Å². The van der Waals surface area contributed by atoms with Gasteiger partial charge in [0, 0.05) is 0 Å². The summed E-state index contributed by atoms with van der Waals surface area (Å²) in [6.45, 7) is 0.781. The van der Waals surface area contributed by atoms with E-state index in [0.717, 1.165) is 38.5 Å². The zero-order chi connectivity index (χ0) is 33.5. The molecule has 252 valence electrons. The fraction of sp³-hybridized carbons (Fsp3) is 0.952. The molecular weight excluding hydrogens is 639 g/mol. The van der Waals surface area contributed by atoms with Gasteiger partial charge in [-0.05, 0) is 6.42 Å². The summed E-state index contributed by atoms with van der Waals surface area (Å²) in [5, 5.41) is 0. The van der Waals surface area contributed by atoms with E-state index in [9.17, 15) is 79.4 Å². The highest BCUT2D eigenvalue weighted by atomic mass is 19.4. The van der Waals surface area contributed by atoms with Crippen LogP contribution < -0.4 is 0 Å². The number of hydrogen-bond acceptors (Lipinski definition) is 4. The fourth-order valence-electron chi connectivity index (χ4n) is 2.99. The summed E-state index contributed by atoms with van der Waals surface area (Å²) in [5.74, 6) is -26.3. The first-order valence-corrected chi connectivity index (χ1v) is 11.9. The third kappa shape index (κ3) is 9.60. The molecule has 2 unspecified atom stereocenters. The second kappa shape index (κ2) is 14.3. The van der Waals surface area contributed by atoms with E-state index < -0.39 is 61.0 Å². The molecule has 0 amide bonds. The summed E-state index contributed by atoms with van der Waals surface area (Å²) in [4.78, 5) is 11.6. The Balaban J connectivity index is 5.75. The predicted octanol–water partition coefficient (Wildman–Crippen LogP) is 9.32. The monoisotopic (exact) mass is 664 g/mol. The Hall–Kier alpha value is -1.80. The van der Waals surface area contributed by atoms with E-state index in [4.69, 9.17) is 0 Å². The Morgan fingerprint density at radius 1 is 0.500 bits per heavy atom. The van der Waals surface area contributed by atoms with Crippen LogP contribution in [0.4, 0.5) is 74.6 Å². The summed E-state index contributed by atoms with van der Waals surface area (Å²) in [5.41, 5.74) is 0. The molecule has 0 aromatic carbocycles. The molecule has 21 heteroatoms. The van der Waals surface area contributed by atoms with E-state index in [2.05, 4.69) is 4.74 Å². The van der Waals surface area contributed by atoms with Crippen LogP contribution >= 0.6 is 0 Å². The Kier molecular flexibility index (Phi) is 13.7. The molecule has 0 fully saturated rings. The second-order valence-electron chi connectivity index (χ2n) is 8.81. The van der Waals surface area contributed by atoms with Gasteiger partial charge in [-0.2, -0.15) is 74.6 Å². The van der Waals surface area contributed by atoms with Crippen LogP contribution in [0.3, 0.4) is 0 Å². The molecule has 0 spiro atoms. The van der Waals surface area contributed by atoms with Gasteiger partial charge >= 0.3 is 54.3 Å². The molecule has 0 bridgehead atoms. The van der Waals surface area contributed by atoms with Crippen LogP contribution in [0.25, 0.3) is 0 Å². The largest absolute Gasteiger partial charge is 0.462 e. The van der Waals surface area contributed by atoms with Crippen molar-refractivity contribution in [2.24, 2.45) is 0 Å². The summed E-state index contributed by atoms with van der Waals surface area (Å²) >= 11 is 0. The minimum Gasteiger partial charge on any atom is -0.461 e. The van der Waals surface area contributed by atoms with E-state index in [0.29, 0.717) is 12.8 Å². The molecule has 0 aromatic heterocycles. The zero-order valence-electron chi connectivity index (χ0n) is 21.3. The number of unbranched alkanes of at least 4 members (excludes halogenated alkanes) is 9. The molecule has 0 rings (SSSR count). The smallest absolute Gasteiger partial charge is 0.461 e. The van der Waals surface area contributed by atoms with Crippen molar-refractivity contribution >= 4 is 5.97 Å². The van der Waals surface area contributed by atoms with Gasteiger partial charge in [0.2, 0.25) is 0 Å². The lowest BCUT2D eigenvalue weighted by Gasteiger charge is -2.39. The number of ether oxygens (including phenoxy) is 3. The van der Waals surface area contributed by atoms with Crippen molar-refractivity contribution in [3.05, 3.63) is 0 Å². The summed E-state index contributed by atoms with van der Waals surface area (Å²) in [6, 6.07) is 0. The first kappa shape index (κ1) is 40.2. The van der Waals surface area contributed by atoms with Crippen LogP contribution in [0.2, 0.25) is 0 Å². The third-order valence-electron chi connectivity index (χ3n) is 5.36. The standard InChI is InChI=1S/C21H25F17O4/c1-2-3-4-5-6-7-8-9-10-11-12-40-13(39)14(22,17(26,27)28)41-21(37,38)16(25,19(32,33)34)42-20(35,36)15(23,24)18(29,30)31/h2-12H2,1H3. The first-order valence-electron chi connectivity index (χ1n) is 11.9. The third-order valence-corrected chi connectivity index (χ3v) is 5.36.